The van der Waals surface area contributed by atoms with E-state index in [-0.39, 0.29) is 17.3 Å². The molecular weight excluding hydrogens is 378 g/mol. The van der Waals surface area contributed by atoms with Crippen LogP contribution in [0.3, 0.4) is 0 Å². The van der Waals surface area contributed by atoms with E-state index >= 15 is 0 Å². The Labute approximate surface area is 120 Å². The van der Waals surface area contributed by atoms with Crippen LogP contribution in [0.15, 0.2) is 18.2 Å². The molecule has 1 amide bonds. The number of carbonyl (C=O) groups excluding carboxylic acids is 1. The highest BCUT2D eigenvalue weighted by atomic mass is 127. The Kier molecular flexibility index (Phi) is 4.07. The lowest BCUT2D eigenvalue weighted by Gasteiger charge is -2.13. The van der Waals surface area contributed by atoms with Crippen molar-refractivity contribution in [3.8, 4) is 11.5 Å². The molecular formula is C11H9F3INO3. The first-order valence-electron chi connectivity index (χ1n) is 5.26. The second-order valence-corrected chi connectivity index (χ2v) is 5.29. The number of nitrogens with one attached hydrogen (secondary N) is 1. The van der Waals surface area contributed by atoms with Crippen molar-refractivity contribution in [2.24, 2.45) is 0 Å². The van der Waals surface area contributed by atoms with Gasteiger partial charge in [-0.1, -0.05) is 28.7 Å². The Morgan fingerprint density at radius 2 is 2.05 bits per heavy atom. The first-order chi connectivity index (χ1) is 8.88. The van der Waals surface area contributed by atoms with Crippen molar-refractivity contribution < 1.29 is 27.4 Å². The van der Waals surface area contributed by atoms with E-state index in [0.29, 0.717) is 11.5 Å². The van der Waals surface area contributed by atoms with Crippen molar-refractivity contribution in [2.75, 3.05) is 13.3 Å². The van der Waals surface area contributed by atoms with Gasteiger partial charge >= 0.3 is 12.1 Å². The maximum absolute atomic E-state index is 12.0. The van der Waals surface area contributed by atoms with Crippen molar-refractivity contribution in [3.05, 3.63) is 23.8 Å². The van der Waals surface area contributed by atoms with Crippen LogP contribution >= 0.6 is 22.6 Å². The standard InChI is InChI=1S/C11H9F3INO3/c12-11(13,14)10(17)16-4-7(15)6-1-2-8-9(3-6)19-5-18-8/h1-3,7H,4-5H2,(H,16,17). The molecule has 1 aromatic carbocycles. The molecule has 104 valence electrons. The number of rotatable bonds is 3. The molecule has 1 atom stereocenters. The van der Waals surface area contributed by atoms with Gasteiger partial charge in [0.05, 0.1) is 3.92 Å². The fraction of sp³-hybridized carbons (Fsp3) is 0.364. The average Bonchev–Trinajstić information content (AvgIpc) is 2.81. The van der Waals surface area contributed by atoms with Crippen LogP contribution in [0.25, 0.3) is 0 Å². The summed E-state index contributed by atoms with van der Waals surface area (Å²) in [6.45, 7) is 0.0219. The van der Waals surface area contributed by atoms with Gasteiger partial charge < -0.3 is 14.8 Å². The smallest absolute Gasteiger partial charge is 0.454 e. The van der Waals surface area contributed by atoms with Gasteiger partial charge in [-0.05, 0) is 17.7 Å². The molecule has 1 aliphatic heterocycles. The van der Waals surface area contributed by atoms with Crippen molar-refractivity contribution in [2.45, 2.75) is 10.1 Å². The number of benzene rings is 1. The summed E-state index contributed by atoms with van der Waals surface area (Å²) in [6.07, 6.45) is -4.86. The predicted molar refractivity (Wildman–Crippen MR) is 68.4 cm³/mol. The van der Waals surface area contributed by atoms with Gasteiger partial charge in [-0.2, -0.15) is 13.2 Å². The van der Waals surface area contributed by atoms with Crippen molar-refractivity contribution >= 4 is 28.5 Å². The van der Waals surface area contributed by atoms with Crippen LogP contribution in [-0.2, 0) is 4.79 Å². The zero-order valence-electron chi connectivity index (χ0n) is 9.46. The third-order valence-electron chi connectivity index (χ3n) is 2.46. The normalized spacial score (nSPS) is 15.2. The van der Waals surface area contributed by atoms with Gasteiger partial charge in [-0.3, -0.25) is 4.79 Å². The number of hydrogen-bond donors (Lipinski definition) is 1. The number of ether oxygens (including phenoxy) is 2. The summed E-state index contributed by atoms with van der Waals surface area (Å²) >= 11 is 1.96. The van der Waals surface area contributed by atoms with Gasteiger partial charge in [0.1, 0.15) is 0 Å². The fourth-order valence-electron chi connectivity index (χ4n) is 1.51. The van der Waals surface area contributed by atoms with Crippen LogP contribution in [0.4, 0.5) is 13.2 Å². The highest BCUT2D eigenvalue weighted by molar-refractivity contribution is 14.1. The first kappa shape index (κ1) is 14.2. The van der Waals surface area contributed by atoms with Crippen LogP contribution < -0.4 is 14.8 Å². The van der Waals surface area contributed by atoms with Crippen LogP contribution in [-0.4, -0.2) is 25.4 Å². The Balaban J connectivity index is 1.97. The van der Waals surface area contributed by atoms with Gasteiger partial charge in [0.15, 0.2) is 11.5 Å². The zero-order valence-corrected chi connectivity index (χ0v) is 11.6. The van der Waals surface area contributed by atoms with E-state index in [4.69, 9.17) is 9.47 Å². The van der Waals surface area contributed by atoms with E-state index < -0.39 is 12.1 Å². The van der Waals surface area contributed by atoms with E-state index in [1.807, 2.05) is 27.9 Å². The van der Waals surface area contributed by atoms with Gasteiger partial charge in [-0.25, -0.2) is 0 Å². The lowest BCUT2D eigenvalue weighted by molar-refractivity contribution is -0.173. The van der Waals surface area contributed by atoms with Crippen LogP contribution in [0, 0.1) is 0 Å². The maximum Gasteiger partial charge on any atom is 0.471 e. The third kappa shape index (κ3) is 3.43. The number of halogens is 4. The van der Waals surface area contributed by atoms with Crippen molar-refractivity contribution in [3.63, 3.8) is 0 Å². The predicted octanol–water partition coefficient (Wildman–Crippen LogP) is 2.57. The monoisotopic (exact) mass is 387 g/mol. The minimum atomic E-state index is -4.86. The Bertz CT molecular complexity index is 493. The minimum Gasteiger partial charge on any atom is -0.454 e. The third-order valence-corrected chi connectivity index (χ3v) is 3.62. The lowest BCUT2D eigenvalue weighted by Crippen LogP contribution is -2.38. The molecule has 4 nitrogen and oxygen atoms in total. The van der Waals surface area contributed by atoms with E-state index in [1.54, 1.807) is 18.2 Å². The molecule has 0 bridgehead atoms. The van der Waals surface area contributed by atoms with E-state index in [2.05, 4.69) is 0 Å². The summed E-state index contributed by atoms with van der Waals surface area (Å²) in [5.41, 5.74) is 0.757. The molecule has 0 aromatic heterocycles. The number of carbonyl (C=O) groups is 1. The molecule has 0 spiro atoms. The first-order valence-corrected chi connectivity index (χ1v) is 6.51. The molecule has 0 radical (unpaired) electrons. The van der Waals surface area contributed by atoms with Gasteiger partial charge in [-0.15, -0.1) is 0 Å². The molecule has 1 heterocycles. The summed E-state index contributed by atoms with van der Waals surface area (Å²) < 4.78 is 46.1. The zero-order chi connectivity index (χ0) is 14.0. The average molecular weight is 387 g/mol. The summed E-state index contributed by atoms with van der Waals surface area (Å²) in [6, 6.07) is 5.11. The highest BCUT2D eigenvalue weighted by Gasteiger charge is 2.38. The highest BCUT2D eigenvalue weighted by Crippen LogP contribution is 2.36. The fourth-order valence-corrected chi connectivity index (χ4v) is 2.12. The maximum atomic E-state index is 12.0. The van der Waals surface area contributed by atoms with Crippen molar-refractivity contribution in [1.82, 2.24) is 5.32 Å². The van der Waals surface area contributed by atoms with E-state index in [0.717, 1.165) is 5.56 Å². The molecule has 1 unspecified atom stereocenters. The molecule has 1 N–H and O–H groups in total. The summed E-state index contributed by atoms with van der Waals surface area (Å²) in [4.78, 5) is 10.7. The van der Waals surface area contributed by atoms with Gasteiger partial charge in [0.25, 0.3) is 0 Å². The molecule has 0 fully saturated rings. The Morgan fingerprint density at radius 1 is 1.37 bits per heavy atom. The van der Waals surface area contributed by atoms with E-state index in [1.165, 1.54) is 0 Å². The lowest BCUT2D eigenvalue weighted by atomic mass is 10.1. The molecule has 2 rings (SSSR count). The number of alkyl halides is 4. The van der Waals surface area contributed by atoms with Crippen LogP contribution in [0.2, 0.25) is 0 Å². The molecule has 1 aliphatic rings. The summed E-state index contributed by atoms with van der Waals surface area (Å²) in [5, 5.41) is 1.85. The number of amides is 1. The minimum absolute atomic E-state index is 0.113. The molecule has 1 aromatic rings. The number of hydrogen-bond acceptors (Lipinski definition) is 3. The van der Waals surface area contributed by atoms with Crippen LogP contribution in [0.1, 0.15) is 9.49 Å². The van der Waals surface area contributed by atoms with Crippen molar-refractivity contribution in [1.29, 1.82) is 0 Å². The molecule has 0 aliphatic carbocycles. The Hall–Kier alpha value is -1.19. The van der Waals surface area contributed by atoms with E-state index in [9.17, 15) is 18.0 Å². The van der Waals surface area contributed by atoms with Crippen LogP contribution in [0.5, 0.6) is 11.5 Å². The summed E-state index contributed by atoms with van der Waals surface area (Å²) in [7, 11) is 0. The largest absolute Gasteiger partial charge is 0.471 e. The molecule has 0 saturated carbocycles. The molecule has 19 heavy (non-hydrogen) atoms. The quantitative estimate of drug-likeness (QED) is 0.641. The molecule has 8 heteroatoms. The Morgan fingerprint density at radius 3 is 2.74 bits per heavy atom. The number of fused-ring (bicyclic) bond motifs is 1. The SMILES string of the molecule is O=C(NCC(I)c1ccc2c(c1)OCO2)C(F)(F)F. The molecule has 0 saturated heterocycles. The van der Waals surface area contributed by atoms with Gasteiger partial charge in [0, 0.05) is 6.54 Å². The second kappa shape index (κ2) is 5.43. The summed E-state index contributed by atoms with van der Waals surface area (Å²) in [5.74, 6) is -0.775. The van der Waals surface area contributed by atoms with Gasteiger partial charge in [0.2, 0.25) is 6.79 Å². The second-order valence-electron chi connectivity index (χ2n) is 3.79. The topological polar surface area (TPSA) is 47.6 Å².